The first kappa shape index (κ1) is 16.5. The second kappa shape index (κ2) is 7.50. The number of hydrogen-bond donors (Lipinski definition) is 2. The highest BCUT2D eigenvalue weighted by molar-refractivity contribution is 5.26. The molecule has 0 amide bonds. The average Bonchev–Trinajstić information content (AvgIpc) is 2.58. The second-order valence-corrected chi connectivity index (χ2v) is 7.13. The minimum absolute atomic E-state index is 0.0682. The van der Waals surface area contributed by atoms with E-state index >= 15 is 0 Å². The third-order valence-electron chi connectivity index (χ3n) is 5.37. The van der Waals surface area contributed by atoms with Crippen molar-refractivity contribution in [1.29, 1.82) is 0 Å². The Bertz CT molecular complexity index is 516. The summed E-state index contributed by atoms with van der Waals surface area (Å²) in [4.78, 5) is 0. The molecule has 2 fully saturated rings. The number of aromatic hydroxyl groups is 1. The van der Waals surface area contributed by atoms with E-state index in [-0.39, 0.29) is 12.2 Å². The molecule has 1 aromatic carbocycles. The fourth-order valence-corrected chi connectivity index (χ4v) is 3.98. The Labute approximate surface area is 139 Å². The summed E-state index contributed by atoms with van der Waals surface area (Å²) in [6.07, 6.45) is 8.33. The van der Waals surface area contributed by atoms with Crippen LogP contribution in [0.25, 0.3) is 0 Å². The maximum atomic E-state index is 10.5. The molecule has 0 unspecified atom stereocenters. The van der Waals surface area contributed by atoms with Crippen LogP contribution in [0.1, 0.15) is 50.5 Å². The Morgan fingerprint density at radius 3 is 2.48 bits per heavy atom. The van der Waals surface area contributed by atoms with Crippen molar-refractivity contribution in [2.24, 2.45) is 5.92 Å². The van der Waals surface area contributed by atoms with Gasteiger partial charge in [0.15, 0.2) is 0 Å². The summed E-state index contributed by atoms with van der Waals surface area (Å²) in [6.45, 7) is 4.09. The van der Waals surface area contributed by atoms with Gasteiger partial charge in [0.1, 0.15) is 11.9 Å². The number of aryl methyl sites for hydroxylation is 1. The van der Waals surface area contributed by atoms with E-state index in [1.54, 1.807) is 12.1 Å². The second-order valence-electron chi connectivity index (χ2n) is 7.13. The van der Waals surface area contributed by atoms with Gasteiger partial charge in [0.2, 0.25) is 0 Å². The molecule has 126 valence electrons. The largest absolute Gasteiger partial charge is 0.508 e. The molecule has 0 spiro atoms. The first-order valence-corrected chi connectivity index (χ1v) is 8.92. The van der Waals surface area contributed by atoms with Gasteiger partial charge in [0, 0.05) is 0 Å². The Morgan fingerprint density at radius 2 is 1.78 bits per heavy atom. The maximum Gasteiger partial charge on any atom is 0.115 e. The van der Waals surface area contributed by atoms with Crippen LogP contribution in [0, 0.1) is 5.92 Å². The number of phenolic OH excluding ortho intramolecular Hbond substituents is 1. The molecule has 1 saturated carbocycles. The van der Waals surface area contributed by atoms with Crippen molar-refractivity contribution in [3.8, 4) is 5.75 Å². The van der Waals surface area contributed by atoms with Crippen molar-refractivity contribution in [3.05, 3.63) is 42.0 Å². The summed E-state index contributed by atoms with van der Waals surface area (Å²) < 4.78 is 6.29. The molecule has 1 heterocycles. The van der Waals surface area contributed by atoms with Crippen LogP contribution in [-0.2, 0) is 11.2 Å². The van der Waals surface area contributed by atoms with Crippen LogP contribution in [0.5, 0.6) is 5.75 Å². The number of aliphatic hydroxyl groups excluding tert-OH is 1. The Hall–Kier alpha value is -1.32. The summed E-state index contributed by atoms with van der Waals surface area (Å²) in [6, 6.07) is 7.37. The molecule has 1 saturated heterocycles. The molecule has 3 rings (SSSR count). The lowest BCUT2D eigenvalue weighted by atomic mass is 9.79. The van der Waals surface area contributed by atoms with E-state index < -0.39 is 6.10 Å². The molecule has 2 N–H and O–H groups in total. The number of hydrogen-bond acceptors (Lipinski definition) is 3. The molecule has 1 aromatic rings. The number of ether oxygens (including phenoxy) is 1. The van der Waals surface area contributed by atoms with Crippen LogP contribution in [-0.4, -0.2) is 28.5 Å². The summed E-state index contributed by atoms with van der Waals surface area (Å²) in [5.74, 6) is 0.781. The lowest BCUT2D eigenvalue weighted by molar-refractivity contribution is -0.123. The van der Waals surface area contributed by atoms with E-state index in [0.29, 0.717) is 11.7 Å². The highest BCUT2D eigenvalue weighted by atomic mass is 16.5. The quantitative estimate of drug-likeness (QED) is 0.826. The van der Waals surface area contributed by atoms with Crippen molar-refractivity contribution >= 4 is 0 Å². The van der Waals surface area contributed by atoms with Crippen molar-refractivity contribution in [2.45, 2.75) is 69.7 Å². The lowest BCUT2D eigenvalue weighted by Crippen LogP contribution is -2.45. The summed E-state index contributed by atoms with van der Waals surface area (Å²) in [7, 11) is 0. The van der Waals surface area contributed by atoms with Crippen molar-refractivity contribution < 1.29 is 14.9 Å². The van der Waals surface area contributed by atoms with E-state index in [4.69, 9.17) is 4.74 Å². The van der Waals surface area contributed by atoms with Crippen LogP contribution in [0.3, 0.4) is 0 Å². The third kappa shape index (κ3) is 4.15. The monoisotopic (exact) mass is 316 g/mol. The molecule has 3 nitrogen and oxygen atoms in total. The van der Waals surface area contributed by atoms with E-state index in [1.807, 2.05) is 12.1 Å². The summed E-state index contributed by atoms with van der Waals surface area (Å²) >= 11 is 0. The Morgan fingerprint density at radius 1 is 1.09 bits per heavy atom. The highest BCUT2D eigenvalue weighted by Crippen LogP contribution is 2.36. The number of phenols is 1. The molecule has 1 aliphatic heterocycles. The standard InChI is InChI=1S/C20H28O3/c1-14-13-18(12-9-15-7-10-17(21)11-8-15)23-20(19(14)22)16-5-3-2-4-6-16/h7-8,10-11,16,18-22H,1-6,9,12-13H2/t18-,19-,20+/m1/s1. The van der Waals surface area contributed by atoms with Crippen molar-refractivity contribution in [2.75, 3.05) is 0 Å². The zero-order valence-electron chi connectivity index (χ0n) is 13.8. The predicted octanol–water partition coefficient (Wildman–Crippen LogP) is 3.98. The number of rotatable bonds is 4. The van der Waals surface area contributed by atoms with Gasteiger partial charge >= 0.3 is 0 Å². The number of benzene rings is 1. The molecule has 3 atom stereocenters. The van der Waals surface area contributed by atoms with Crippen molar-refractivity contribution in [1.82, 2.24) is 0 Å². The predicted molar refractivity (Wildman–Crippen MR) is 91.4 cm³/mol. The van der Waals surface area contributed by atoms with Crippen LogP contribution in [0.15, 0.2) is 36.4 Å². The van der Waals surface area contributed by atoms with Gasteiger partial charge < -0.3 is 14.9 Å². The molecule has 0 bridgehead atoms. The molecule has 0 aromatic heterocycles. The fourth-order valence-electron chi connectivity index (χ4n) is 3.98. The molecule has 23 heavy (non-hydrogen) atoms. The molecule has 1 aliphatic carbocycles. The molecule has 2 aliphatic rings. The van der Waals surface area contributed by atoms with Crippen LogP contribution in [0.2, 0.25) is 0 Å². The van der Waals surface area contributed by atoms with Crippen molar-refractivity contribution in [3.63, 3.8) is 0 Å². The van der Waals surface area contributed by atoms with Crippen LogP contribution in [0.4, 0.5) is 0 Å². The molecular weight excluding hydrogens is 288 g/mol. The zero-order valence-corrected chi connectivity index (χ0v) is 13.8. The minimum atomic E-state index is -0.497. The van der Waals surface area contributed by atoms with E-state index in [2.05, 4.69) is 6.58 Å². The lowest BCUT2D eigenvalue weighted by Gasteiger charge is -2.41. The zero-order chi connectivity index (χ0) is 16.2. The first-order valence-electron chi connectivity index (χ1n) is 8.92. The van der Waals surface area contributed by atoms with E-state index in [9.17, 15) is 10.2 Å². The third-order valence-corrected chi connectivity index (χ3v) is 5.37. The molecule has 0 radical (unpaired) electrons. The Balaban J connectivity index is 1.59. The van der Waals surface area contributed by atoms with Gasteiger partial charge in [-0.1, -0.05) is 38.0 Å². The molecule has 3 heteroatoms. The van der Waals surface area contributed by atoms with Gasteiger partial charge in [-0.05, 0) is 61.3 Å². The van der Waals surface area contributed by atoms with Gasteiger partial charge in [-0.15, -0.1) is 0 Å². The minimum Gasteiger partial charge on any atom is -0.508 e. The van der Waals surface area contributed by atoms with Gasteiger partial charge in [-0.2, -0.15) is 0 Å². The fraction of sp³-hybridized carbons (Fsp3) is 0.600. The van der Waals surface area contributed by atoms with Gasteiger partial charge in [0.05, 0.1) is 12.2 Å². The maximum absolute atomic E-state index is 10.5. The average molecular weight is 316 g/mol. The van der Waals surface area contributed by atoms with E-state index in [0.717, 1.165) is 24.8 Å². The normalized spacial score (nSPS) is 29.6. The topological polar surface area (TPSA) is 49.7 Å². The summed E-state index contributed by atoms with van der Waals surface area (Å²) in [5.41, 5.74) is 2.14. The van der Waals surface area contributed by atoms with Gasteiger partial charge in [-0.25, -0.2) is 0 Å². The van der Waals surface area contributed by atoms with Gasteiger partial charge in [0.25, 0.3) is 0 Å². The first-order chi connectivity index (χ1) is 11.1. The SMILES string of the molecule is C=C1C[C@@H](CCc2ccc(O)cc2)O[C@@H](C2CCCCC2)[C@@H]1O. The van der Waals surface area contributed by atoms with E-state index in [1.165, 1.54) is 37.7 Å². The van der Waals surface area contributed by atoms with Crippen LogP contribution >= 0.6 is 0 Å². The number of aliphatic hydroxyl groups is 1. The summed E-state index contributed by atoms with van der Waals surface area (Å²) in [5, 5.41) is 19.8. The van der Waals surface area contributed by atoms with Gasteiger partial charge in [-0.3, -0.25) is 0 Å². The molecular formula is C20H28O3. The smallest absolute Gasteiger partial charge is 0.115 e. The van der Waals surface area contributed by atoms with Crippen LogP contribution < -0.4 is 0 Å². The highest BCUT2D eigenvalue weighted by Gasteiger charge is 2.37. The Kier molecular flexibility index (Phi) is 5.39.